The number of nitrogens with zero attached hydrogens (tertiary/aromatic N) is 3. The quantitative estimate of drug-likeness (QED) is 0.851. The second-order valence-electron chi connectivity index (χ2n) is 6.05. The molecule has 0 fully saturated rings. The Morgan fingerprint density at radius 1 is 1.46 bits per heavy atom. The number of fused-ring (bicyclic) bond motifs is 1. The zero-order chi connectivity index (χ0) is 17.3. The van der Waals surface area contributed by atoms with Crippen molar-refractivity contribution < 1.29 is 9.53 Å². The fraction of sp³-hybridized carbons (Fsp3) is 0.389. The van der Waals surface area contributed by atoms with Gasteiger partial charge in [0.1, 0.15) is 0 Å². The Morgan fingerprint density at radius 2 is 2.25 bits per heavy atom. The van der Waals surface area contributed by atoms with Gasteiger partial charge in [-0.05, 0) is 45.9 Å². The van der Waals surface area contributed by atoms with Crippen LogP contribution in [0.5, 0.6) is 5.88 Å². The molecule has 2 aromatic rings. The predicted octanol–water partition coefficient (Wildman–Crippen LogP) is 3.15. The number of nitrogens with one attached hydrogen (secondary N) is 1. The molecule has 6 heteroatoms. The van der Waals surface area contributed by atoms with Crippen LogP contribution in [-0.4, -0.2) is 28.9 Å². The smallest absolute Gasteiger partial charge is 0.222 e. The van der Waals surface area contributed by atoms with E-state index in [1.165, 1.54) is 0 Å². The first-order chi connectivity index (χ1) is 11.6. The summed E-state index contributed by atoms with van der Waals surface area (Å²) in [5.41, 5.74) is 7.22. The van der Waals surface area contributed by atoms with E-state index in [-0.39, 0.29) is 12.1 Å². The Bertz CT molecular complexity index is 761. The summed E-state index contributed by atoms with van der Waals surface area (Å²) < 4.78 is 5.61. The molecule has 126 valence electrons. The monoisotopic (exact) mass is 326 g/mol. The molecule has 1 atom stereocenters. The van der Waals surface area contributed by atoms with E-state index >= 15 is 0 Å². The van der Waals surface area contributed by atoms with Crippen LogP contribution in [0.2, 0.25) is 0 Å². The van der Waals surface area contributed by atoms with Crippen molar-refractivity contribution in [3.8, 4) is 17.1 Å². The minimum Gasteiger partial charge on any atom is -0.477 e. The molecule has 0 aromatic carbocycles. The molecule has 0 saturated carbocycles. The van der Waals surface area contributed by atoms with E-state index < -0.39 is 0 Å². The standard InChI is InChI=1S/C18H22N4O2/c1-5-24-18-14(7-6-8-19-18)15-9-13(10-23)17-16(20-15)12(4)21-22(17)11(2)3/h6-12,21H,5H2,1-4H3. The number of ether oxygens (including phenoxy) is 1. The van der Waals surface area contributed by atoms with Crippen LogP contribution >= 0.6 is 0 Å². The second kappa shape index (κ2) is 6.57. The largest absolute Gasteiger partial charge is 0.477 e. The summed E-state index contributed by atoms with van der Waals surface area (Å²) in [6.45, 7) is 8.63. The van der Waals surface area contributed by atoms with Gasteiger partial charge in [-0.1, -0.05) is 0 Å². The van der Waals surface area contributed by atoms with Gasteiger partial charge in [-0.2, -0.15) is 0 Å². The Labute approximate surface area is 141 Å². The van der Waals surface area contributed by atoms with Gasteiger partial charge < -0.3 is 9.75 Å². The zero-order valence-corrected chi connectivity index (χ0v) is 14.4. The van der Waals surface area contributed by atoms with Gasteiger partial charge in [0.2, 0.25) is 5.88 Å². The lowest BCUT2D eigenvalue weighted by molar-refractivity contribution is 0.112. The number of carbonyl (C=O) groups is 1. The van der Waals surface area contributed by atoms with Crippen molar-refractivity contribution >= 4 is 12.0 Å². The van der Waals surface area contributed by atoms with E-state index in [2.05, 4.69) is 24.3 Å². The Hall–Kier alpha value is -2.47. The first kappa shape index (κ1) is 16.4. The van der Waals surface area contributed by atoms with Crippen LogP contribution in [0, 0.1) is 0 Å². The van der Waals surface area contributed by atoms with E-state index in [1.807, 2.05) is 31.0 Å². The van der Waals surface area contributed by atoms with Crippen molar-refractivity contribution in [1.82, 2.24) is 15.4 Å². The maximum atomic E-state index is 11.7. The normalized spacial score (nSPS) is 16.4. The lowest BCUT2D eigenvalue weighted by Crippen LogP contribution is -2.39. The average Bonchev–Trinajstić information content (AvgIpc) is 2.92. The summed E-state index contributed by atoms with van der Waals surface area (Å²) in [7, 11) is 0. The topological polar surface area (TPSA) is 67.3 Å². The third-order valence-electron chi connectivity index (χ3n) is 4.00. The summed E-state index contributed by atoms with van der Waals surface area (Å²) in [4.78, 5) is 20.8. The SMILES string of the molecule is CCOc1ncccc1-c1cc(C=O)c2c(n1)C(C)NN2C(C)C. The van der Waals surface area contributed by atoms with Crippen molar-refractivity contribution in [3.63, 3.8) is 0 Å². The number of hydrogen-bond acceptors (Lipinski definition) is 6. The molecular formula is C18H22N4O2. The van der Waals surface area contributed by atoms with Crippen LogP contribution in [0.1, 0.15) is 49.8 Å². The van der Waals surface area contributed by atoms with Crippen LogP contribution in [-0.2, 0) is 0 Å². The van der Waals surface area contributed by atoms with Crippen LogP contribution < -0.4 is 15.2 Å². The number of hydrazine groups is 1. The first-order valence-electron chi connectivity index (χ1n) is 8.20. The molecule has 6 nitrogen and oxygen atoms in total. The highest BCUT2D eigenvalue weighted by Gasteiger charge is 2.31. The Morgan fingerprint density at radius 3 is 2.92 bits per heavy atom. The summed E-state index contributed by atoms with van der Waals surface area (Å²) in [5.74, 6) is 0.531. The number of aromatic nitrogens is 2. The molecule has 0 bridgehead atoms. The molecule has 1 unspecified atom stereocenters. The highest BCUT2D eigenvalue weighted by molar-refractivity contribution is 5.89. The van der Waals surface area contributed by atoms with Crippen LogP contribution in [0.25, 0.3) is 11.3 Å². The molecule has 0 radical (unpaired) electrons. The van der Waals surface area contributed by atoms with E-state index in [1.54, 1.807) is 12.3 Å². The van der Waals surface area contributed by atoms with Crippen molar-refractivity contribution in [3.05, 3.63) is 35.7 Å². The number of pyridine rings is 2. The van der Waals surface area contributed by atoms with Gasteiger partial charge in [0.05, 0.1) is 35.3 Å². The van der Waals surface area contributed by atoms with Gasteiger partial charge >= 0.3 is 0 Å². The lowest BCUT2D eigenvalue weighted by Gasteiger charge is -2.25. The Kier molecular flexibility index (Phi) is 4.49. The van der Waals surface area contributed by atoms with Gasteiger partial charge in [-0.25, -0.2) is 15.4 Å². The Balaban J connectivity index is 2.17. The van der Waals surface area contributed by atoms with E-state index in [9.17, 15) is 4.79 Å². The molecule has 0 spiro atoms. The third kappa shape index (κ3) is 2.73. The average molecular weight is 326 g/mol. The van der Waals surface area contributed by atoms with Gasteiger partial charge in [0, 0.05) is 17.8 Å². The van der Waals surface area contributed by atoms with Crippen molar-refractivity contribution in [1.29, 1.82) is 0 Å². The van der Waals surface area contributed by atoms with Crippen LogP contribution in [0.3, 0.4) is 0 Å². The van der Waals surface area contributed by atoms with Crippen LogP contribution in [0.4, 0.5) is 5.69 Å². The summed E-state index contributed by atoms with van der Waals surface area (Å²) >= 11 is 0. The van der Waals surface area contributed by atoms with Crippen molar-refractivity contribution in [2.45, 2.75) is 39.8 Å². The van der Waals surface area contributed by atoms with Crippen molar-refractivity contribution in [2.75, 3.05) is 11.6 Å². The molecular weight excluding hydrogens is 304 g/mol. The first-order valence-corrected chi connectivity index (χ1v) is 8.20. The molecule has 1 N–H and O–H groups in total. The maximum absolute atomic E-state index is 11.7. The highest BCUT2D eigenvalue weighted by atomic mass is 16.5. The number of anilines is 1. The maximum Gasteiger partial charge on any atom is 0.222 e. The van der Waals surface area contributed by atoms with Crippen molar-refractivity contribution in [2.24, 2.45) is 0 Å². The predicted molar refractivity (Wildman–Crippen MR) is 93.2 cm³/mol. The molecule has 3 heterocycles. The van der Waals surface area contributed by atoms with Crippen LogP contribution in [0.15, 0.2) is 24.4 Å². The van der Waals surface area contributed by atoms with Gasteiger partial charge in [-0.15, -0.1) is 0 Å². The van der Waals surface area contributed by atoms with Gasteiger partial charge in [0.25, 0.3) is 0 Å². The fourth-order valence-electron chi connectivity index (χ4n) is 2.95. The van der Waals surface area contributed by atoms with E-state index in [0.29, 0.717) is 23.7 Å². The molecule has 0 aliphatic carbocycles. The highest BCUT2D eigenvalue weighted by Crippen LogP contribution is 2.38. The third-order valence-corrected chi connectivity index (χ3v) is 4.00. The van der Waals surface area contributed by atoms with E-state index in [4.69, 9.17) is 9.72 Å². The van der Waals surface area contributed by atoms with Gasteiger partial charge in [0.15, 0.2) is 6.29 Å². The summed E-state index contributed by atoms with van der Waals surface area (Å²) in [5, 5.41) is 2.01. The molecule has 24 heavy (non-hydrogen) atoms. The molecule has 0 amide bonds. The zero-order valence-electron chi connectivity index (χ0n) is 14.4. The minimum atomic E-state index is 0.0354. The van der Waals surface area contributed by atoms with E-state index in [0.717, 1.165) is 23.2 Å². The fourth-order valence-corrected chi connectivity index (χ4v) is 2.95. The molecule has 0 saturated heterocycles. The minimum absolute atomic E-state index is 0.0354. The molecule has 2 aromatic heterocycles. The summed E-state index contributed by atoms with van der Waals surface area (Å²) in [6, 6.07) is 5.82. The molecule has 1 aliphatic heterocycles. The lowest BCUT2D eigenvalue weighted by atomic mass is 10.1. The molecule has 3 rings (SSSR count). The van der Waals surface area contributed by atoms with Gasteiger partial charge in [-0.3, -0.25) is 4.79 Å². The molecule has 1 aliphatic rings. The second-order valence-corrected chi connectivity index (χ2v) is 6.05. The summed E-state index contributed by atoms with van der Waals surface area (Å²) in [6.07, 6.45) is 2.57. The number of rotatable bonds is 5. The number of hydrogen-bond donors (Lipinski definition) is 1. The number of aldehydes is 1. The number of carbonyl (C=O) groups excluding carboxylic acids is 1.